The van der Waals surface area contributed by atoms with Gasteiger partial charge in [0.05, 0.1) is 13.7 Å². The Balaban J connectivity index is 1.78. The molecule has 2 atom stereocenters. The Hall–Kier alpha value is -2.27. The van der Waals surface area contributed by atoms with Crippen LogP contribution in [0.4, 0.5) is 0 Å². The minimum Gasteiger partial charge on any atom is -0.497 e. The van der Waals surface area contributed by atoms with E-state index in [-0.39, 0.29) is 11.4 Å². The molecule has 0 amide bonds. The molecule has 1 N–H and O–H groups in total. The largest absolute Gasteiger partial charge is 0.497 e. The first-order valence-electron chi connectivity index (χ1n) is 10.8. The molecule has 156 valence electrons. The Bertz CT molecular complexity index is 904. The number of esters is 1. The van der Waals surface area contributed by atoms with Gasteiger partial charge in [0.15, 0.2) is 0 Å². The molecule has 4 rings (SSSR count). The number of aromatic amines is 1. The smallest absolute Gasteiger partial charge is 0.355 e. The van der Waals surface area contributed by atoms with Gasteiger partial charge in [-0.05, 0) is 80.9 Å². The molecule has 5 nitrogen and oxygen atoms in total. The Labute approximate surface area is 173 Å². The number of hydrogen-bond donors (Lipinski definition) is 1. The van der Waals surface area contributed by atoms with E-state index in [1.54, 1.807) is 7.11 Å². The van der Waals surface area contributed by atoms with E-state index in [4.69, 9.17) is 9.47 Å². The third-order valence-electron chi connectivity index (χ3n) is 7.12. The predicted octanol–water partition coefficient (Wildman–Crippen LogP) is 3.89. The van der Waals surface area contributed by atoms with E-state index in [0.717, 1.165) is 50.2 Å². The van der Waals surface area contributed by atoms with E-state index >= 15 is 0 Å². The Morgan fingerprint density at radius 1 is 1.34 bits per heavy atom. The van der Waals surface area contributed by atoms with Crippen LogP contribution in [0.3, 0.4) is 0 Å². The van der Waals surface area contributed by atoms with E-state index in [2.05, 4.69) is 41.9 Å². The van der Waals surface area contributed by atoms with E-state index < -0.39 is 0 Å². The molecule has 0 bridgehead atoms. The van der Waals surface area contributed by atoms with Crippen LogP contribution in [-0.2, 0) is 23.0 Å². The molecule has 1 saturated heterocycles. The summed E-state index contributed by atoms with van der Waals surface area (Å²) in [6, 6.07) is 8.58. The molecule has 0 spiro atoms. The highest BCUT2D eigenvalue weighted by Gasteiger charge is 2.48. The number of likely N-dealkylation sites (tertiary alicyclic amines) is 1. The van der Waals surface area contributed by atoms with Crippen molar-refractivity contribution in [2.24, 2.45) is 5.92 Å². The molecular formula is C24H32N2O3. The minimum absolute atomic E-state index is 0.0659. The van der Waals surface area contributed by atoms with E-state index in [1.807, 2.05) is 13.0 Å². The highest BCUT2D eigenvalue weighted by molar-refractivity contribution is 5.90. The first kappa shape index (κ1) is 20.0. The summed E-state index contributed by atoms with van der Waals surface area (Å²) in [4.78, 5) is 18.5. The molecule has 1 aliphatic heterocycles. The molecule has 1 fully saturated rings. The van der Waals surface area contributed by atoms with Gasteiger partial charge in [0, 0.05) is 17.7 Å². The second kappa shape index (κ2) is 7.86. The number of aromatic nitrogens is 1. The number of fused-ring (bicyclic) bond motifs is 2. The summed E-state index contributed by atoms with van der Waals surface area (Å²) >= 11 is 0. The monoisotopic (exact) mass is 396 g/mol. The third-order valence-corrected chi connectivity index (χ3v) is 7.12. The number of carbonyl (C=O) groups excluding carboxylic acids is 1. The normalized spacial score (nSPS) is 23.9. The molecule has 1 aliphatic carbocycles. The van der Waals surface area contributed by atoms with Crippen LogP contribution in [0.1, 0.15) is 53.1 Å². The minimum atomic E-state index is -0.243. The maximum Gasteiger partial charge on any atom is 0.355 e. The van der Waals surface area contributed by atoms with Crippen molar-refractivity contribution < 1.29 is 14.3 Å². The van der Waals surface area contributed by atoms with Crippen molar-refractivity contribution in [1.29, 1.82) is 0 Å². The Morgan fingerprint density at radius 3 is 2.90 bits per heavy atom. The topological polar surface area (TPSA) is 54.6 Å². The van der Waals surface area contributed by atoms with Gasteiger partial charge in [-0.15, -0.1) is 0 Å². The van der Waals surface area contributed by atoms with Crippen molar-refractivity contribution in [2.45, 2.75) is 45.4 Å². The molecule has 0 saturated carbocycles. The lowest BCUT2D eigenvalue weighted by Crippen LogP contribution is -2.53. The molecule has 1 aromatic heterocycles. The van der Waals surface area contributed by atoms with Crippen LogP contribution in [0.15, 0.2) is 24.3 Å². The standard InChI is InChI=1S/C24H32N2O3/c1-5-26-11-10-24(17-8-7-9-19(12-17)28-4)14-21-20(13-18(24)15-26)16(3)22(25-21)23(27)29-6-2/h7-9,12,18,25H,5-6,10-11,13-15H2,1-4H3/t18-,24+/m1/s1. The maximum atomic E-state index is 12.5. The summed E-state index contributed by atoms with van der Waals surface area (Å²) < 4.78 is 10.8. The summed E-state index contributed by atoms with van der Waals surface area (Å²) in [6.45, 7) is 9.81. The second-order valence-corrected chi connectivity index (χ2v) is 8.41. The van der Waals surface area contributed by atoms with Gasteiger partial charge < -0.3 is 19.4 Å². The average molecular weight is 397 g/mol. The molecule has 2 heterocycles. The zero-order chi connectivity index (χ0) is 20.6. The van der Waals surface area contributed by atoms with Crippen LogP contribution >= 0.6 is 0 Å². The zero-order valence-electron chi connectivity index (χ0n) is 18.0. The molecule has 29 heavy (non-hydrogen) atoms. The van der Waals surface area contributed by atoms with Gasteiger partial charge in [-0.2, -0.15) is 0 Å². The summed E-state index contributed by atoms with van der Waals surface area (Å²) in [5.41, 5.74) is 5.63. The van der Waals surface area contributed by atoms with Crippen molar-refractivity contribution in [3.63, 3.8) is 0 Å². The number of nitrogens with zero attached hydrogens (tertiary/aromatic N) is 1. The number of H-pyrrole nitrogens is 1. The fourth-order valence-corrected chi connectivity index (χ4v) is 5.43. The molecule has 1 aromatic carbocycles. The van der Waals surface area contributed by atoms with Gasteiger partial charge in [-0.1, -0.05) is 19.1 Å². The summed E-state index contributed by atoms with van der Waals surface area (Å²) in [7, 11) is 1.73. The SMILES string of the molecule is CCOC(=O)c1[nH]c2c(c1C)C[C@@H]1CN(CC)CC[C@@]1(c1cccc(OC)c1)C2. The molecule has 5 heteroatoms. The lowest BCUT2D eigenvalue weighted by Gasteiger charge is -2.51. The molecule has 2 aromatic rings. The van der Waals surface area contributed by atoms with E-state index in [0.29, 0.717) is 18.2 Å². The van der Waals surface area contributed by atoms with Crippen molar-refractivity contribution in [2.75, 3.05) is 33.4 Å². The van der Waals surface area contributed by atoms with Crippen LogP contribution in [0.2, 0.25) is 0 Å². The van der Waals surface area contributed by atoms with Gasteiger partial charge in [-0.3, -0.25) is 0 Å². The summed E-state index contributed by atoms with van der Waals surface area (Å²) in [5.74, 6) is 1.18. The molecule has 0 radical (unpaired) electrons. The van der Waals surface area contributed by atoms with Crippen molar-refractivity contribution in [3.05, 3.63) is 52.3 Å². The fourth-order valence-electron chi connectivity index (χ4n) is 5.43. The number of methoxy groups -OCH3 is 1. The number of carbonyl (C=O) groups is 1. The van der Waals surface area contributed by atoms with Gasteiger partial charge >= 0.3 is 5.97 Å². The van der Waals surface area contributed by atoms with Crippen LogP contribution in [0.5, 0.6) is 5.75 Å². The quantitative estimate of drug-likeness (QED) is 0.779. The molecule has 2 aliphatic rings. The lowest BCUT2D eigenvalue weighted by molar-refractivity contribution is 0.0519. The van der Waals surface area contributed by atoms with Gasteiger partial charge in [0.2, 0.25) is 0 Å². The maximum absolute atomic E-state index is 12.5. The van der Waals surface area contributed by atoms with E-state index in [9.17, 15) is 4.79 Å². The fraction of sp³-hybridized carbons (Fsp3) is 0.542. The van der Waals surface area contributed by atoms with Crippen molar-refractivity contribution in [1.82, 2.24) is 9.88 Å². The van der Waals surface area contributed by atoms with Crippen LogP contribution < -0.4 is 4.74 Å². The Morgan fingerprint density at radius 2 is 2.17 bits per heavy atom. The summed E-state index contributed by atoms with van der Waals surface area (Å²) in [5, 5.41) is 0. The predicted molar refractivity (Wildman–Crippen MR) is 114 cm³/mol. The number of piperidine rings is 1. The van der Waals surface area contributed by atoms with Gasteiger partial charge in [0.1, 0.15) is 11.4 Å². The number of rotatable bonds is 5. The van der Waals surface area contributed by atoms with Crippen molar-refractivity contribution >= 4 is 5.97 Å². The Kier molecular flexibility index (Phi) is 5.43. The first-order chi connectivity index (χ1) is 14.0. The summed E-state index contributed by atoms with van der Waals surface area (Å²) in [6.07, 6.45) is 3.04. The molecular weight excluding hydrogens is 364 g/mol. The zero-order valence-corrected chi connectivity index (χ0v) is 18.0. The number of nitrogens with one attached hydrogen (secondary N) is 1. The van der Waals surface area contributed by atoms with Gasteiger partial charge in [0.25, 0.3) is 0 Å². The third kappa shape index (κ3) is 3.35. The highest BCUT2D eigenvalue weighted by Crippen LogP contribution is 2.49. The molecule has 0 unspecified atom stereocenters. The number of benzene rings is 1. The van der Waals surface area contributed by atoms with Crippen LogP contribution in [0, 0.1) is 12.8 Å². The van der Waals surface area contributed by atoms with Crippen LogP contribution in [-0.4, -0.2) is 49.2 Å². The van der Waals surface area contributed by atoms with Crippen molar-refractivity contribution in [3.8, 4) is 5.75 Å². The van der Waals surface area contributed by atoms with Gasteiger partial charge in [-0.25, -0.2) is 4.79 Å². The second-order valence-electron chi connectivity index (χ2n) is 8.41. The van der Waals surface area contributed by atoms with Crippen LogP contribution in [0.25, 0.3) is 0 Å². The highest BCUT2D eigenvalue weighted by atomic mass is 16.5. The number of hydrogen-bond acceptors (Lipinski definition) is 4. The lowest BCUT2D eigenvalue weighted by atomic mass is 9.58. The average Bonchev–Trinajstić information content (AvgIpc) is 3.07. The number of ether oxygens (including phenoxy) is 2. The first-order valence-corrected chi connectivity index (χ1v) is 10.8. The van der Waals surface area contributed by atoms with E-state index in [1.165, 1.54) is 16.8 Å².